The molecule has 0 fully saturated rings. The fraction of sp³-hybridized carbons (Fsp3) is 0.111. The Labute approximate surface area is 69.4 Å². The summed E-state index contributed by atoms with van der Waals surface area (Å²) in [6.07, 6.45) is 3.75. The minimum atomic E-state index is 0.844. The Morgan fingerprint density at radius 3 is 3.18 bits per heavy atom. The third-order valence-corrected chi connectivity index (χ3v) is 2.40. The number of hydrogen-bond donors (Lipinski definition) is 0. The molecule has 0 spiro atoms. The average molecular weight is 163 g/mol. The standard InChI is InChI=1S/C9H7OS/c1-11-9-4-2-3-8-7(9)5-6-10-8/h2,4-6H,1H3. The molecule has 0 unspecified atom stereocenters. The van der Waals surface area contributed by atoms with E-state index in [0.29, 0.717) is 0 Å². The molecule has 0 bridgehead atoms. The van der Waals surface area contributed by atoms with Crippen LogP contribution in [-0.2, 0) is 0 Å². The summed E-state index contributed by atoms with van der Waals surface area (Å²) >= 11 is 1.72. The molecule has 0 amide bonds. The molecule has 1 radical (unpaired) electrons. The zero-order valence-electron chi connectivity index (χ0n) is 6.13. The number of rotatable bonds is 1. The highest BCUT2D eigenvalue weighted by Gasteiger charge is 2.00. The number of hydrogen-bond acceptors (Lipinski definition) is 2. The van der Waals surface area contributed by atoms with E-state index in [-0.39, 0.29) is 0 Å². The first kappa shape index (κ1) is 6.80. The van der Waals surface area contributed by atoms with Crippen LogP contribution in [0, 0.1) is 6.07 Å². The highest BCUT2D eigenvalue weighted by Crippen LogP contribution is 2.25. The predicted octanol–water partition coefficient (Wildman–Crippen LogP) is 2.95. The Bertz CT molecular complexity index is 364. The zero-order chi connectivity index (χ0) is 7.68. The summed E-state index contributed by atoms with van der Waals surface area (Å²) in [5.74, 6) is 0. The highest BCUT2D eigenvalue weighted by molar-refractivity contribution is 7.98. The van der Waals surface area contributed by atoms with Crippen molar-refractivity contribution in [3.8, 4) is 0 Å². The lowest BCUT2D eigenvalue weighted by atomic mass is 10.3. The maximum absolute atomic E-state index is 5.19. The van der Waals surface area contributed by atoms with E-state index in [1.807, 2.05) is 18.2 Å². The number of thioether (sulfide) groups is 1. The molecule has 2 rings (SSSR count). The van der Waals surface area contributed by atoms with Gasteiger partial charge in [0.2, 0.25) is 0 Å². The largest absolute Gasteiger partial charge is 0.464 e. The fourth-order valence-electron chi connectivity index (χ4n) is 1.08. The van der Waals surface area contributed by atoms with E-state index in [1.165, 1.54) is 4.90 Å². The normalized spacial score (nSPS) is 10.6. The van der Waals surface area contributed by atoms with Gasteiger partial charge in [0.1, 0.15) is 5.58 Å². The van der Waals surface area contributed by atoms with Crippen LogP contribution in [-0.4, -0.2) is 6.26 Å². The summed E-state index contributed by atoms with van der Waals surface area (Å²) in [6, 6.07) is 8.93. The van der Waals surface area contributed by atoms with Crippen molar-refractivity contribution in [2.24, 2.45) is 0 Å². The SMILES string of the molecule is CSc1cc[c]c2occc12. The maximum atomic E-state index is 5.19. The second kappa shape index (κ2) is 2.62. The molecule has 1 aromatic heterocycles. The van der Waals surface area contributed by atoms with E-state index < -0.39 is 0 Å². The highest BCUT2D eigenvalue weighted by atomic mass is 32.2. The van der Waals surface area contributed by atoms with Crippen molar-refractivity contribution in [1.82, 2.24) is 0 Å². The van der Waals surface area contributed by atoms with Gasteiger partial charge in [0.05, 0.1) is 6.26 Å². The van der Waals surface area contributed by atoms with Gasteiger partial charge in [-0.2, -0.15) is 0 Å². The van der Waals surface area contributed by atoms with Gasteiger partial charge in [-0.25, -0.2) is 0 Å². The van der Waals surface area contributed by atoms with Crippen molar-refractivity contribution in [2.75, 3.05) is 6.26 Å². The number of fused-ring (bicyclic) bond motifs is 1. The van der Waals surface area contributed by atoms with Gasteiger partial charge in [0.15, 0.2) is 0 Å². The Hall–Kier alpha value is -0.890. The summed E-state index contributed by atoms with van der Waals surface area (Å²) in [5, 5.41) is 1.15. The van der Waals surface area contributed by atoms with Crippen LogP contribution in [0.3, 0.4) is 0 Å². The van der Waals surface area contributed by atoms with Gasteiger partial charge in [-0.3, -0.25) is 0 Å². The summed E-state index contributed by atoms with van der Waals surface area (Å²) in [6.45, 7) is 0. The molecule has 0 aliphatic heterocycles. The lowest BCUT2D eigenvalue weighted by molar-refractivity contribution is 0.615. The van der Waals surface area contributed by atoms with E-state index in [4.69, 9.17) is 4.42 Å². The van der Waals surface area contributed by atoms with E-state index in [2.05, 4.69) is 12.3 Å². The van der Waals surface area contributed by atoms with Crippen LogP contribution in [0.25, 0.3) is 11.0 Å². The van der Waals surface area contributed by atoms with Gasteiger partial charge < -0.3 is 4.42 Å². The minimum absolute atomic E-state index is 0.844. The zero-order valence-corrected chi connectivity index (χ0v) is 6.94. The molecule has 2 aromatic rings. The molecule has 2 heteroatoms. The molecule has 0 aliphatic rings. The number of benzene rings is 1. The van der Waals surface area contributed by atoms with Gasteiger partial charge in [-0.05, 0) is 24.5 Å². The van der Waals surface area contributed by atoms with Crippen LogP contribution in [0.2, 0.25) is 0 Å². The second-order valence-electron chi connectivity index (χ2n) is 2.21. The molecule has 1 heterocycles. The summed E-state index contributed by atoms with van der Waals surface area (Å²) < 4.78 is 5.19. The molecule has 0 atom stereocenters. The Kier molecular flexibility index (Phi) is 1.62. The molecule has 0 aliphatic carbocycles. The van der Waals surface area contributed by atoms with Crippen LogP contribution in [0.1, 0.15) is 0 Å². The third kappa shape index (κ3) is 1.03. The smallest absolute Gasteiger partial charge is 0.142 e. The minimum Gasteiger partial charge on any atom is -0.464 e. The van der Waals surface area contributed by atoms with Crippen LogP contribution >= 0.6 is 11.8 Å². The van der Waals surface area contributed by atoms with Gasteiger partial charge >= 0.3 is 0 Å². The Morgan fingerprint density at radius 1 is 1.45 bits per heavy atom. The van der Waals surface area contributed by atoms with Gasteiger partial charge in [0.25, 0.3) is 0 Å². The lowest BCUT2D eigenvalue weighted by Crippen LogP contribution is -1.69. The van der Waals surface area contributed by atoms with Crippen LogP contribution in [0.5, 0.6) is 0 Å². The lowest BCUT2D eigenvalue weighted by Gasteiger charge is -1.94. The first-order valence-electron chi connectivity index (χ1n) is 3.33. The molecule has 0 saturated heterocycles. The van der Waals surface area contributed by atoms with Crippen molar-refractivity contribution in [3.05, 3.63) is 30.5 Å². The van der Waals surface area contributed by atoms with E-state index in [1.54, 1.807) is 18.0 Å². The van der Waals surface area contributed by atoms with Gasteiger partial charge in [-0.15, -0.1) is 11.8 Å². The van der Waals surface area contributed by atoms with Crippen molar-refractivity contribution in [1.29, 1.82) is 0 Å². The van der Waals surface area contributed by atoms with Gasteiger partial charge in [-0.1, -0.05) is 0 Å². The molecular formula is C9H7OS. The molecule has 1 aromatic carbocycles. The number of furan rings is 1. The van der Waals surface area contributed by atoms with Crippen LogP contribution < -0.4 is 0 Å². The summed E-state index contributed by atoms with van der Waals surface area (Å²) in [5.41, 5.74) is 0.844. The molecule has 1 nitrogen and oxygen atoms in total. The fourth-order valence-corrected chi connectivity index (χ4v) is 1.66. The van der Waals surface area contributed by atoms with Crippen LogP contribution in [0.15, 0.2) is 33.8 Å². The van der Waals surface area contributed by atoms with Gasteiger partial charge in [0, 0.05) is 16.3 Å². The van der Waals surface area contributed by atoms with E-state index in [0.717, 1.165) is 11.0 Å². The van der Waals surface area contributed by atoms with Crippen molar-refractivity contribution in [3.63, 3.8) is 0 Å². The first-order valence-corrected chi connectivity index (χ1v) is 4.56. The quantitative estimate of drug-likeness (QED) is 0.599. The monoisotopic (exact) mass is 163 g/mol. The predicted molar refractivity (Wildman–Crippen MR) is 46.8 cm³/mol. The Morgan fingerprint density at radius 2 is 2.36 bits per heavy atom. The van der Waals surface area contributed by atoms with E-state index in [9.17, 15) is 0 Å². The van der Waals surface area contributed by atoms with Crippen LogP contribution in [0.4, 0.5) is 0 Å². The molecule has 0 saturated carbocycles. The van der Waals surface area contributed by atoms with Crippen molar-refractivity contribution < 1.29 is 4.42 Å². The van der Waals surface area contributed by atoms with Crippen molar-refractivity contribution in [2.45, 2.75) is 4.90 Å². The maximum Gasteiger partial charge on any atom is 0.142 e. The third-order valence-electron chi connectivity index (χ3n) is 1.60. The van der Waals surface area contributed by atoms with Crippen molar-refractivity contribution >= 4 is 22.7 Å². The summed E-state index contributed by atoms with van der Waals surface area (Å²) in [4.78, 5) is 1.24. The molecule has 55 valence electrons. The molecular weight excluding hydrogens is 156 g/mol. The second-order valence-corrected chi connectivity index (χ2v) is 3.06. The molecule has 0 N–H and O–H groups in total. The average Bonchev–Trinajstić information content (AvgIpc) is 2.50. The molecule has 11 heavy (non-hydrogen) atoms. The summed E-state index contributed by atoms with van der Waals surface area (Å²) in [7, 11) is 0. The Balaban J connectivity index is 2.79. The topological polar surface area (TPSA) is 13.1 Å². The first-order chi connectivity index (χ1) is 5.42. The van der Waals surface area contributed by atoms with E-state index >= 15 is 0 Å².